The molecule has 64 heavy (non-hydrogen) atoms. The predicted molar refractivity (Wildman–Crippen MR) is 279 cm³/mol. The highest BCUT2D eigenvalue weighted by atomic mass is 16.3. The highest BCUT2D eigenvalue weighted by Crippen LogP contribution is 2.33. The lowest BCUT2D eigenvalue weighted by Gasteiger charge is -2.07. The number of rotatable bonds is 31. The number of hydrogen-bond donors (Lipinski definition) is 3. The van der Waals surface area contributed by atoms with Gasteiger partial charge in [0.25, 0.3) is 0 Å². The van der Waals surface area contributed by atoms with E-state index in [4.69, 9.17) is 9.97 Å². The van der Waals surface area contributed by atoms with E-state index < -0.39 is 0 Å². The largest absolute Gasteiger partial charge is 0.508 e. The minimum atomic E-state index is 0.273. The van der Waals surface area contributed by atoms with Gasteiger partial charge in [-0.15, -0.1) is 0 Å². The number of unbranched alkanes of at least 4 members (excludes halogenated alkanes) is 24. The maximum absolute atomic E-state index is 10.3. The monoisotopic (exact) mass is 865 g/mol. The Morgan fingerprint density at radius 3 is 1.00 bits per heavy atom. The molecule has 4 aromatic rings. The van der Waals surface area contributed by atoms with Crippen LogP contribution in [0.2, 0.25) is 0 Å². The van der Waals surface area contributed by atoms with E-state index in [0.717, 1.165) is 94.5 Å². The van der Waals surface area contributed by atoms with Gasteiger partial charge in [-0.3, -0.25) is 0 Å². The molecule has 5 heteroatoms. The minimum Gasteiger partial charge on any atom is -0.508 e. The number of phenols is 1. The Labute approximate surface area is 388 Å². The molecule has 5 nitrogen and oxygen atoms in total. The van der Waals surface area contributed by atoms with Crippen molar-refractivity contribution in [3.8, 4) is 16.9 Å². The van der Waals surface area contributed by atoms with Crippen molar-refractivity contribution in [2.45, 2.75) is 213 Å². The summed E-state index contributed by atoms with van der Waals surface area (Å²) in [6.07, 6.45) is 47.5. The first-order chi connectivity index (χ1) is 31.6. The average Bonchev–Trinajstić information content (AvgIpc) is 4.16. The lowest BCUT2D eigenvalue weighted by atomic mass is 10.0. The summed E-state index contributed by atoms with van der Waals surface area (Å²) in [5.41, 5.74) is 14.8. The lowest BCUT2D eigenvalue weighted by Crippen LogP contribution is -1.97. The zero-order valence-electron chi connectivity index (χ0n) is 40.5. The number of phenolic OH excluding ortho intramolecular Hbond substituents is 1. The zero-order chi connectivity index (χ0) is 44.6. The number of nitrogens with one attached hydrogen (secondary N) is 2. The van der Waals surface area contributed by atoms with Crippen LogP contribution in [-0.4, -0.2) is 25.0 Å². The van der Waals surface area contributed by atoms with Crippen LogP contribution < -0.4 is 0 Å². The van der Waals surface area contributed by atoms with Gasteiger partial charge in [0.2, 0.25) is 0 Å². The van der Waals surface area contributed by atoms with Gasteiger partial charge in [-0.2, -0.15) is 0 Å². The number of hydrogen-bond acceptors (Lipinski definition) is 3. The van der Waals surface area contributed by atoms with E-state index in [-0.39, 0.29) is 5.75 Å². The van der Waals surface area contributed by atoms with Gasteiger partial charge in [0.15, 0.2) is 0 Å². The second-order valence-corrected chi connectivity index (χ2v) is 19.1. The Morgan fingerprint density at radius 1 is 0.344 bits per heavy atom. The molecule has 5 heterocycles. The van der Waals surface area contributed by atoms with Gasteiger partial charge >= 0.3 is 0 Å². The number of H-pyrrole nitrogens is 2. The Kier molecular flexibility index (Phi) is 21.3. The highest BCUT2D eigenvalue weighted by molar-refractivity contribution is 5.94. The number of fused-ring (bicyclic) bond motifs is 8. The van der Waals surface area contributed by atoms with Gasteiger partial charge in [0, 0.05) is 44.3 Å². The Bertz CT molecular complexity index is 2080. The van der Waals surface area contributed by atoms with Crippen molar-refractivity contribution in [3.05, 3.63) is 88.0 Å². The number of aromatic nitrogens is 4. The summed E-state index contributed by atoms with van der Waals surface area (Å²) >= 11 is 0. The van der Waals surface area contributed by atoms with E-state index in [9.17, 15) is 5.11 Å². The predicted octanol–water partition coefficient (Wildman–Crippen LogP) is 18.2. The first-order valence-electron chi connectivity index (χ1n) is 26.5. The van der Waals surface area contributed by atoms with E-state index >= 15 is 0 Å². The third-order valence-electron chi connectivity index (χ3n) is 13.8. The molecule has 0 aliphatic carbocycles. The number of aryl methyl sites for hydroxylation is 2. The third-order valence-corrected chi connectivity index (χ3v) is 13.8. The van der Waals surface area contributed by atoms with E-state index in [1.807, 2.05) is 12.1 Å². The van der Waals surface area contributed by atoms with Crippen LogP contribution in [0.4, 0.5) is 0 Å². The SMILES string of the molecule is CCCCCCCCCCCc1c2nc(c(CCCCCCCCCCC)c3ccc([nH]3)c(-c3ccc(O)cc3)c3ccc([nH]3)c(CCCCCCCCCCC)c3nc1C=C3)C=C2. The number of aromatic hydroxyl groups is 1. The summed E-state index contributed by atoms with van der Waals surface area (Å²) in [5.74, 6) is 0.273. The van der Waals surface area contributed by atoms with Gasteiger partial charge < -0.3 is 15.1 Å². The molecule has 0 amide bonds. The minimum absolute atomic E-state index is 0.273. The van der Waals surface area contributed by atoms with Crippen LogP contribution in [0.15, 0.2) is 48.5 Å². The topological polar surface area (TPSA) is 77.6 Å². The molecule has 0 radical (unpaired) electrons. The van der Waals surface area contributed by atoms with E-state index in [1.54, 1.807) is 12.1 Å². The third kappa shape index (κ3) is 15.1. The molecule has 3 aromatic heterocycles. The summed E-state index contributed by atoms with van der Waals surface area (Å²) in [6, 6.07) is 16.7. The highest BCUT2D eigenvalue weighted by Gasteiger charge is 2.17. The molecular formula is C59H84N4O. The van der Waals surface area contributed by atoms with Crippen LogP contribution in [0.5, 0.6) is 5.75 Å². The number of benzene rings is 1. The van der Waals surface area contributed by atoms with E-state index in [0.29, 0.717) is 0 Å². The average molecular weight is 865 g/mol. The molecular weight excluding hydrogens is 781 g/mol. The van der Waals surface area contributed by atoms with Crippen LogP contribution in [0.25, 0.3) is 57.5 Å². The van der Waals surface area contributed by atoms with Crippen LogP contribution in [-0.2, 0) is 19.3 Å². The summed E-state index contributed by atoms with van der Waals surface area (Å²) in [5, 5.41) is 10.3. The van der Waals surface area contributed by atoms with Crippen molar-refractivity contribution in [3.63, 3.8) is 0 Å². The van der Waals surface area contributed by atoms with Crippen molar-refractivity contribution in [2.75, 3.05) is 0 Å². The molecule has 2 aliphatic heterocycles. The molecule has 1 aromatic carbocycles. The second kappa shape index (κ2) is 27.8. The second-order valence-electron chi connectivity index (χ2n) is 19.1. The number of nitrogens with zero attached hydrogens (tertiary/aromatic N) is 2. The maximum atomic E-state index is 10.3. The van der Waals surface area contributed by atoms with Crippen LogP contribution in [0.3, 0.4) is 0 Å². The molecule has 0 saturated carbocycles. The van der Waals surface area contributed by atoms with Gasteiger partial charge in [-0.05, 0) is 105 Å². The fourth-order valence-electron chi connectivity index (χ4n) is 9.94. The standard InChI is InChI=1S/C59H84N4O/c1-4-7-10-13-16-19-22-25-28-31-48-51-38-40-53(60-51)49(32-29-26-23-20-17-14-11-8-5-2)55-42-44-57(62-55)59(46-34-36-47(64)37-35-46)58-45-43-56(63-58)50(54-41-39-52(48)61-54)33-30-27-24-21-18-15-12-9-6-3/h34-45,62-64H,4-33H2,1-3H3. The lowest BCUT2D eigenvalue weighted by molar-refractivity contribution is 0.475. The van der Waals surface area contributed by atoms with Crippen molar-refractivity contribution < 1.29 is 5.11 Å². The fourth-order valence-corrected chi connectivity index (χ4v) is 9.94. The molecule has 8 bridgehead atoms. The van der Waals surface area contributed by atoms with Gasteiger partial charge in [0.05, 0.1) is 22.8 Å². The van der Waals surface area contributed by atoms with Gasteiger partial charge in [0.1, 0.15) is 5.75 Å². The van der Waals surface area contributed by atoms with Crippen LogP contribution in [0.1, 0.15) is 234 Å². The van der Waals surface area contributed by atoms with Crippen LogP contribution in [0, 0.1) is 0 Å². The first-order valence-corrected chi connectivity index (χ1v) is 26.5. The summed E-state index contributed by atoms with van der Waals surface area (Å²) in [6.45, 7) is 6.89. The van der Waals surface area contributed by atoms with Crippen LogP contribution >= 0.6 is 0 Å². The summed E-state index contributed by atoms with van der Waals surface area (Å²) in [7, 11) is 0. The van der Waals surface area contributed by atoms with Crippen molar-refractivity contribution in [1.82, 2.24) is 19.9 Å². The summed E-state index contributed by atoms with van der Waals surface area (Å²) < 4.78 is 0. The van der Waals surface area contributed by atoms with Gasteiger partial charge in [-0.25, -0.2) is 9.97 Å². The van der Waals surface area contributed by atoms with Crippen molar-refractivity contribution >= 4 is 46.4 Å². The smallest absolute Gasteiger partial charge is 0.115 e. The Hall–Kier alpha value is -4.38. The van der Waals surface area contributed by atoms with E-state index in [1.165, 1.54) is 171 Å². The first kappa shape index (κ1) is 49.1. The molecule has 3 N–H and O–H groups in total. The molecule has 2 aliphatic rings. The van der Waals surface area contributed by atoms with E-state index in [2.05, 4.69) is 79.3 Å². The Balaban J connectivity index is 1.39. The molecule has 0 saturated heterocycles. The molecule has 0 atom stereocenters. The zero-order valence-corrected chi connectivity index (χ0v) is 40.5. The maximum Gasteiger partial charge on any atom is 0.115 e. The van der Waals surface area contributed by atoms with Crippen molar-refractivity contribution in [2.24, 2.45) is 0 Å². The molecule has 346 valence electrons. The Morgan fingerprint density at radius 2 is 0.641 bits per heavy atom. The molecule has 0 unspecified atom stereocenters. The molecule has 6 rings (SSSR count). The number of aromatic amines is 2. The quantitative estimate of drug-likeness (QED) is 0.0381. The fraction of sp³-hybridized carbons (Fsp3) is 0.559. The normalized spacial score (nSPS) is 12.2. The van der Waals surface area contributed by atoms with Crippen molar-refractivity contribution in [1.29, 1.82) is 0 Å². The molecule has 0 spiro atoms. The van der Waals surface area contributed by atoms with Gasteiger partial charge in [-0.1, -0.05) is 187 Å². The molecule has 0 fully saturated rings. The summed E-state index contributed by atoms with van der Waals surface area (Å²) in [4.78, 5) is 18.9.